The minimum absolute atomic E-state index is 0.0575. The maximum Gasteiger partial charge on any atom is 0.253 e. The first-order valence-electron chi connectivity index (χ1n) is 6.46. The van der Waals surface area contributed by atoms with Crippen molar-refractivity contribution in [1.29, 1.82) is 0 Å². The highest BCUT2D eigenvalue weighted by atomic mass is 16.5. The van der Waals surface area contributed by atoms with Crippen LogP contribution in [0.25, 0.3) is 0 Å². The molecule has 1 aromatic carbocycles. The Bertz CT molecular complexity index is 485. The van der Waals surface area contributed by atoms with Crippen molar-refractivity contribution in [3.63, 3.8) is 0 Å². The Morgan fingerprint density at radius 3 is 3.00 bits per heavy atom. The van der Waals surface area contributed by atoms with Gasteiger partial charge in [-0.2, -0.15) is 0 Å². The Labute approximate surface area is 112 Å². The summed E-state index contributed by atoms with van der Waals surface area (Å²) in [5, 5.41) is 12.3. The summed E-state index contributed by atoms with van der Waals surface area (Å²) < 4.78 is 5.30. The van der Waals surface area contributed by atoms with Gasteiger partial charge in [-0.25, -0.2) is 0 Å². The fourth-order valence-corrected chi connectivity index (χ4v) is 2.17. The van der Waals surface area contributed by atoms with Crippen LogP contribution in [0.4, 0.5) is 5.69 Å². The molecule has 0 atom stereocenters. The molecule has 1 aliphatic rings. The first kappa shape index (κ1) is 13.5. The number of hydrogen-bond donors (Lipinski definition) is 1. The van der Waals surface area contributed by atoms with Gasteiger partial charge >= 0.3 is 0 Å². The zero-order chi connectivity index (χ0) is 13.7. The molecule has 0 radical (unpaired) electrons. The monoisotopic (exact) mass is 262 g/mol. The predicted octanol–water partition coefficient (Wildman–Crippen LogP) is 2.03. The number of ether oxygens (including phenoxy) is 1. The van der Waals surface area contributed by atoms with Crippen molar-refractivity contribution >= 4 is 17.3 Å². The predicted molar refractivity (Wildman–Crippen MR) is 72.8 cm³/mol. The number of para-hydroxylation sites is 1. The van der Waals surface area contributed by atoms with E-state index in [2.05, 4.69) is 5.16 Å². The third-order valence-corrected chi connectivity index (χ3v) is 3.07. The van der Waals surface area contributed by atoms with Crippen LogP contribution in [0.3, 0.4) is 0 Å². The van der Waals surface area contributed by atoms with Crippen LogP contribution >= 0.6 is 0 Å². The highest BCUT2D eigenvalue weighted by Gasteiger charge is 2.25. The van der Waals surface area contributed by atoms with Gasteiger partial charge in [0.2, 0.25) is 0 Å². The number of fused-ring (bicyclic) bond motifs is 1. The van der Waals surface area contributed by atoms with Crippen molar-refractivity contribution < 1.29 is 14.7 Å². The van der Waals surface area contributed by atoms with E-state index in [1.54, 1.807) is 4.90 Å². The lowest BCUT2D eigenvalue weighted by Crippen LogP contribution is -2.39. The zero-order valence-corrected chi connectivity index (χ0v) is 11.0. The van der Waals surface area contributed by atoms with Gasteiger partial charge in [0.15, 0.2) is 0 Å². The van der Waals surface area contributed by atoms with E-state index in [9.17, 15) is 4.79 Å². The summed E-state index contributed by atoms with van der Waals surface area (Å²) in [5.74, 6) is -0.0575. The molecular formula is C14H18N2O3. The summed E-state index contributed by atoms with van der Waals surface area (Å²) in [5.41, 5.74) is 2.21. The number of oxime groups is 1. The molecule has 0 unspecified atom stereocenters. The Morgan fingerprint density at radius 2 is 2.26 bits per heavy atom. The van der Waals surface area contributed by atoms with Gasteiger partial charge in [-0.3, -0.25) is 4.79 Å². The van der Waals surface area contributed by atoms with Crippen LogP contribution in [0.15, 0.2) is 29.4 Å². The second-order valence-corrected chi connectivity index (χ2v) is 4.41. The molecule has 102 valence electrons. The number of carbonyl (C=O) groups excluding carboxylic acids is 1. The van der Waals surface area contributed by atoms with Gasteiger partial charge in [-0.1, -0.05) is 30.3 Å². The molecule has 1 aromatic rings. The van der Waals surface area contributed by atoms with Crippen LogP contribution in [-0.4, -0.2) is 36.6 Å². The van der Waals surface area contributed by atoms with Gasteiger partial charge in [0.25, 0.3) is 5.91 Å². The molecule has 0 fully saturated rings. The smallest absolute Gasteiger partial charge is 0.253 e. The molecule has 5 heteroatoms. The van der Waals surface area contributed by atoms with Crippen LogP contribution in [0.5, 0.6) is 0 Å². The number of carbonyl (C=O) groups is 1. The first-order chi connectivity index (χ1) is 9.27. The second-order valence-electron chi connectivity index (χ2n) is 4.41. The number of amides is 1. The van der Waals surface area contributed by atoms with Gasteiger partial charge in [-0.15, -0.1) is 0 Å². The molecule has 19 heavy (non-hydrogen) atoms. The number of hydrogen-bond acceptors (Lipinski definition) is 4. The Morgan fingerprint density at radius 1 is 1.47 bits per heavy atom. The summed E-state index contributed by atoms with van der Waals surface area (Å²) in [6.45, 7) is 3.20. The molecular weight excluding hydrogens is 244 g/mol. The number of nitrogens with zero attached hydrogens (tertiary/aromatic N) is 2. The lowest BCUT2D eigenvalue weighted by Gasteiger charge is -2.29. The minimum Gasteiger partial charge on any atom is -0.411 e. The van der Waals surface area contributed by atoms with E-state index in [4.69, 9.17) is 9.94 Å². The first-order valence-corrected chi connectivity index (χ1v) is 6.46. The SMILES string of the molecule is CCCOCC(=O)N1CC/C(=N/O)c2ccccc21. The van der Waals surface area contributed by atoms with E-state index < -0.39 is 0 Å². The van der Waals surface area contributed by atoms with Crippen molar-refractivity contribution in [2.24, 2.45) is 5.16 Å². The molecule has 0 aromatic heterocycles. The van der Waals surface area contributed by atoms with Crippen LogP contribution in [0, 0.1) is 0 Å². The maximum absolute atomic E-state index is 12.1. The van der Waals surface area contributed by atoms with Gasteiger partial charge in [0, 0.05) is 25.1 Å². The van der Waals surface area contributed by atoms with E-state index in [0.717, 1.165) is 17.7 Å². The highest BCUT2D eigenvalue weighted by molar-refractivity contribution is 6.11. The largest absolute Gasteiger partial charge is 0.411 e. The Hall–Kier alpha value is -1.88. The van der Waals surface area contributed by atoms with E-state index >= 15 is 0 Å². The molecule has 0 aliphatic carbocycles. The molecule has 0 saturated carbocycles. The molecule has 0 spiro atoms. The Balaban J connectivity index is 2.18. The highest BCUT2D eigenvalue weighted by Crippen LogP contribution is 2.27. The minimum atomic E-state index is -0.0575. The zero-order valence-electron chi connectivity index (χ0n) is 11.0. The maximum atomic E-state index is 12.1. The van der Waals surface area contributed by atoms with Crippen LogP contribution in [0.1, 0.15) is 25.3 Å². The van der Waals surface area contributed by atoms with E-state index in [0.29, 0.717) is 25.3 Å². The van der Waals surface area contributed by atoms with Crippen molar-refractivity contribution in [3.05, 3.63) is 29.8 Å². The fourth-order valence-electron chi connectivity index (χ4n) is 2.17. The lowest BCUT2D eigenvalue weighted by molar-refractivity contribution is -0.123. The van der Waals surface area contributed by atoms with Crippen LogP contribution in [-0.2, 0) is 9.53 Å². The number of rotatable bonds is 4. The molecule has 1 amide bonds. The summed E-state index contributed by atoms with van der Waals surface area (Å²) >= 11 is 0. The summed E-state index contributed by atoms with van der Waals surface area (Å²) in [7, 11) is 0. The average molecular weight is 262 g/mol. The topological polar surface area (TPSA) is 62.1 Å². The standard InChI is InChI=1S/C14H18N2O3/c1-2-9-19-10-14(17)16-8-7-12(15-18)11-5-3-4-6-13(11)16/h3-6,18H,2,7-10H2,1H3/b15-12-. The summed E-state index contributed by atoms with van der Waals surface area (Å²) in [6.07, 6.45) is 1.44. The van der Waals surface area contributed by atoms with E-state index in [1.165, 1.54) is 0 Å². The summed E-state index contributed by atoms with van der Waals surface area (Å²) in [4.78, 5) is 13.8. The van der Waals surface area contributed by atoms with Crippen molar-refractivity contribution in [2.75, 3.05) is 24.7 Å². The molecule has 1 aliphatic heterocycles. The lowest BCUT2D eigenvalue weighted by atomic mass is 9.99. The Kier molecular flexibility index (Phi) is 4.52. The normalized spacial score (nSPS) is 16.5. The average Bonchev–Trinajstić information content (AvgIpc) is 2.46. The molecule has 1 heterocycles. The van der Waals surface area contributed by atoms with Gasteiger partial charge in [0.05, 0.1) is 11.4 Å². The van der Waals surface area contributed by atoms with Gasteiger partial charge in [0.1, 0.15) is 6.61 Å². The van der Waals surface area contributed by atoms with Crippen LogP contribution in [0.2, 0.25) is 0 Å². The fraction of sp³-hybridized carbons (Fsp3) is 0.429. The van der Waals surface area contributed by atoms with Gasteiger partial charge < -0.3 is 14.8 Å². The van der Waals surface area contributed by atoms with Gasteiger partial charge in [-0.05, 0) is 12.5 Å². The molecule has 5 nitrogen and oxygen atoms in total. The van der Waals surface area contributed by atoms with Crippen molar-refractivity contribution in [3.8, 4) is 0 Å². The molecule has 1 N–H and O–H groups in total. The molecule has 0 bridgehead atoms. The van der Waals surface area contributed by atoms with Crippen LogP contribution < -0.4 is 4.90 Å². The second kappa shape index (κ2) is 6.33. The summed E-state index contributed by atoms with van der Waals surface area (Å²) in [6, 6.07) is 7.45. The van der Waals surface area contributed by atoms with Crippen molar-refractivity contribution in [2.45, 2.75) is 19.8 Å². The third-order valence-electron chi connectivity index (χ3n) is 3.07. The number of anilines is 1. The molecule has 0 saturated heterocycles. The quantitative estimate of drug-likeness (QED) is 0.513. The third kappa shape index (κ3) is 2.93. The number of benzene rings is 1. The van der Waals surface area contributed by atoms with E-state index in [1.807, 2.05) is 31.2 Å². The van der Waals surface area contributed by atoms with Crippen molar-refractivity contribution in [1.82, 2.24) is 0 Å². The van der Waals surface area contributed by atoms with E-state index in [-0.39, 0.29) is 12.5 Å². The molecule has 2 rings (SSSR count).